The molecule has 5 heteroatoms. The normalized spacial score (nSPS) is 24.1. The van der Waals surface area contributed by atoms with Crippen molar-refractivity contribution < 1.29 is 24.8 Å². The van der Waals surface area contributed by atoms with Crippen LogP contribution in [0.1, 0.15) is 84.0 Å². The number of rotatable bonds is 17. The monoisotopic (exact) mass is 386 g/mol. The van der Waals surface area contributed by atoms with Crippen LogP contribution in [0.4, 0.5) is 0 Å². The van der Waals surface area contributed by atoms with Gasteiger partial charge in [-0.2, -0.15) is 0 Å². The molecule has 0 bridgehead atoms. The van der Waals surface area contributed by atoms with Gasteiger partial charge in [0, 0.05) is 0 Å². The minimum atomic E-state index is -0.992. The molecule has 1 rings (SSSR count). The quantitative estimate of drug-likeness (QED) is 0.262. The minimum absolute atomic E-state index is 0.0878. The summed E-state index contributed by atoms with van der Waals surface area (Å²) in [6.45, 7) is 2.60. The first-order chi connectivity index (χ1) is 13.2. The van der Waals surface area contributed by atoms with E-state index in [1.165, 1.54) is 64.2 Å². The number of unbranched alkanes of at least 4 members (excludes halogenated alkanes) is 10. The zero-order valence-electron chi connectivity index (χ0n) is 17.2. The van der Waals surface area contributed by atoms with Gasteiger partial charge >= 0.3 is 0 Å². The van der Waals surface area contributed by atoms with Crippen LogP contribution in [0.2, 0.25) is 0 Å². The standard InChI is InChI=1S/C22H42O5/c1-2-3-4-5-6-7-8-9-10-11-12-13-14-15-16-26-20(17-23)22-21(25)19(24)18-27-22/h13-14,19-25H,2-12,15-18H2,1H3/b14-13+/t19-,20+,21+,22+/m1/s1. The topological polar surface area (TPSA) is 79.2 Å². The predicted molar refractivity (Wildman–Crippen MR) is 109 cm³/mol. The van der Waals surface area contributed by atoms with Crippen molar-refractivity contribution in [2.75, 3.05) is 19.8 Å². The first-order valence-electron chi connectivity index (χ1n) is 11.1. The highest BCUT2D eigenvalue weighted by atomic mass is 16.6. The summed E-state index contributed by atoms with van der Waals surface area (Å²) >= 11 is 0. The van der Waals surface area contributed by atoms with Gasteiger partial charge in [0.1, 0.15) is 24.4 Å². The molecule has 1 aliphatic rings. The van der Waals surface area contributed by atoms with Gasteiger partial charge in [-0.3, -0.25) is 0 Å². The summed E-state index contributed by atoms with van der Waals surface area (Å²) in [6.07, 6.45) is 16.6. The second kappa shape index (κ2) is 16.5. The first kappa shape index (κ1) is 24.6. The van der Waals surface area contributed by atoms with E-state index in [0.717, 1.165) is 12.8 Å². The molecular weight excluding hydrogens is 344 g/mol. The molecule has 1 fully saturated rings. The Morgan fingerprint density at radius 1 is 0.926 bits per heavy atom. The number of aliphatic hydroxyl groups excluding tert-OH is 3. The number of hydrogen-bond donors (Lipinski definition) is 3. The summed E-state index contributed by atoms with van der Waals surface area (Å²) in [5, 5.41) is 28.7. The van der Waals surface area contributed by atoms with Gasteiger partial charge < -0.3 is 24.8 Å². The van der Waals surface area contributed by atoms with E-state index in [4.69, 9.17) is 9.47 Å². The highest BCUT2D eigenvalue weighted by molar-refractivity contribution is 4.89. The summed E-state index contributed by atoms with van der Waals surface area (Å²) < 4.78 is 10.9. The van der Waals surface area contributed by atoms with Gasteiger partial charge in [-0.05, 0) is 19.3 Å². The molecule has 5 nitrogen and oxygen atoms in total. The molecule has 0 spiro atoms. The van der Waals surface area contributed by atoms with Gasteiger partial charge in [-0.1, -0.05) is 76.9 Å². The second-order valence-electron chi connectivity index (χ2n) is 7.68. The summed E-state index contributed by atoms with van der Waals surface area (Å²) in [5.74, 6) is 0. The molecule has 160 valence electrons. The fourth-order valence-electron chi connectivity index (χ4n) is 3.48. The van der Waals surface area contributed by atoms with Crippen LogP contribution in [0.5, 0.6) is 0 Å². The van der Waals surface area contributed by atoms with Gasteiger partial charge in [-0.15, -0.1) is 0 Å². The lowest BCUT2D eigenvalue weighted by Crippen LogP contribution is -2.42. The number of aliphatic hydroxyl groups is 3. The van der Waals surface area contributed by atoms with Crippen LogP contribution < -0.4 is 0 Å². The molecule has 3 N–H and O–H groups in total. The smallest absolute Gasteiger partial charge is 0.114 e. The molecule has 0 radical (unpaired) electrons. The Balaban J connectivity index is 1.91. The first-order valence-corrected chi connectivity index (χ1v) is 11.1. The van der Waals surface area contributed by atoms with Crippen molar-refractivity contribution in [3.05, 3.63) is 12.2 Å². The largest absolute Gasteiger partial charge is 0.394 e. The molecule has 0 aromatic heterocycles. The third kappa shape index (κ3) is 11.2. The van der Waals surface area contributed by atoms with Crippen LogP contribution in [-0.4, -0.2) is 59.6 Å². The molecule has 0 aromatic rings. The Hall–Kier alpha value is -0.460. The van der Waals surface area contributed by atoms with Crippen molar-refractivity contribution in [3.63, 3.8) is 0 Å². The van der Waals surface area contributed by atoms with Crippen molar-refractivity contribution in [1.29, 1.82) is 0 Å². The van der Waals surface area contributed by atoms with E-state index in [-0.39, 0.29) is 13.2 Å². The van der Waals surface area contributed by atoms with Gasteiger partial charge in [0.15, 0.2) is 0 Å². The summed E-state index contributed by atoms with van der Waals surface area (Å²) in [5.41, 5.74) is 0. The summed E-state index contributed by atoms with van der Waals surface area (Å²) in [4.78, 5) is 0. The Morgan fingerprint density at radius 3 is 2.07 bits per heavy atom. The summed E-state index contributed by atoms with van der Waals surface area (Å²) in [6, 6.07) is 0. The molecule has 1 heterocycles. The molecule has 1 saturated heterocycles. The lowest BCUT2D eigenvalue weighted by Gasteiger charge is -2.24. The van der Waals surface area contributed by atoms with Crippen molar-refractivity contribution >= 4 is 0 Å². The van der Waals surface area contributed by atoms with E-state index in [9.17, 15) is 15.3 Å². The minimum Gasteiger partial charge on any atom is -0.394 e. The SMILES string of the molecule is CCCCCCCCCCCC/C=C/CCO[C@@H](CO)[C@@H]1OC[C@@H](O)[C@@H]1O. The second-order valence-corrected chi connectivity index (χ2v) is 7.68. The van der Waals surface area contributed by atoms with E-state index in [1.807, 2.05) is 0 Å². The van der Waals surface area contributed by atoms with Crippen LogP contribution in [0.25, 0.3) is 0 Å². The fourth-order valence-corrected chi connectivity index (χ4v) is 3.48. The van der Waals surface area contributed by atoms with E-state index in [1.54, 1.807) is 0 Å². The van der Waals surface area contributed by atoms with E-state index < -0.39 is 24.4 Å². The zero-order valence-corrected chi connectivity index (χ0v) is 17.2. The van der Waals surface area contributed by atoms with Crippen LogP contribution >= 0.6 is 0 Å². The maximum atomic E-state index is 9.80. The lowest BCUT2D eigenvalue weighted by molar-refractivity contribution is -0.0996. The van der Waals surface area contributed by atoms with Gasteiger partial charge in [0.25, 0.3) is 0 Å². The van der Waals surface area contributed by atoms with Crippen LogP contribution in [0.15, 0.2) is 12.2 Å². The van der Waals surface area contributed by atoms with E-state index in [0.29, 0.717) is 6.61 Å². The molecular formula is C22H42O5. The van der Waals surface area contributed by atoms with Crippen LogP contribution in [-0.2, 0) is 9.47 Å². The highest BCUT2D eigenvalue weighted by Gasteiger charge is 2.40. The Bertz CT molecular complexity index is 361. The zero-order chi connectivity index (χ0) is 19.7. The Labute approximate surface area is 165 Å². The Kier molecular flexibility index (Phi) is 15.0. The molecule has 0 aromatic carbocycles. The lowest BCUT2D eigenvalue weighted by atomic mass is 10.1. The third-order valence-corrected chi connectivity index (χ3v) is 5.24. The average molecular weight is 387 g/mol. The number of hydrogen-bond acceptors (Lipinski definition) is 5. The molecule has 1 aliphatic heterocycles. The van der Waals surface area contributed by atoms with Crippen LogP contribution in [0, 0.1) is 0 Å². The van der Waals surface area contributed by atoms with Gasteiger partial charge in [0.05, 0.1) is 19.8 Å². The molecule has 0 amide bonds. The van der Waals surface area contributed by atoms with Crippen molar-refractivity contribution in [1.82, 2.24) is 0 Å². The Morgan fingerprint density at radius 2 is 1.52 bits per heavy atom. The highest BCUT2D eigenvalue weighted by Crippen LogP contribution is 2.19. The van der Waals surface area contributed by atoms with Gasteiger partial charge in [-0.25, -0.2) is 0 Å². The van der Waals surface area contributed by atoms with E-state index in [2.05, 4.69) is 19.1 Å². The molecule has 0 saturated carbocycles. The van der Waals surface area contributed by atoms with E-state index >= 15 is 0 Å². The fraction of sp³-hybridized carbons (Fsp3) is 0.909. The maximum Gasteiger partial charge on any atom is 0.114 e. The molecule has 27 heavy (non-hydrogen) atoms. The third-order valence-electron chi connectivity index (χ3n) is 5.24. The van der Waals surface area contributed by atoms with Crippen molar-refractivity contribution in [3.8, 4) is 0 Å². The molecule has 4 atom stereocenters. The molecule has 0 unspecified atom stereocenters. The number of allylic oxidation sites excluding steroid dienone is 1. The van der Waals surface area contributed by atoms with Crippen molar-refractivity contribution in [2.45, 2.75) is 108 Å². The van der Waals surface area contributed by atoms with Crippen LogP contribution in [0.3, 0.4) is 0 Å². The number of ether oxygens (including phenoxy) is 2. The summed E-state index contributed by atoms with van der Waals surface area (Å²) in [7, 11) is 0. The average Bonchev–Trinajstić information content (AvgIpc) is 3.00. The molecule has 0 aliphatic carbocycles. The maximum absolute atomic E-state index is 9.80. The predicted octanol–water partition coefficient (Wildman–Crippen LogP) is 3.74. The van der Waals surface area contributed by atoms with Gasteiger partial charge in [0.2, 0.25) is 0 Å². The van der Waals surface area contributed by atoms with Crippen molar-refractivity contribution in [2.24, 2.45) is 0 Å².